The highest BCUT2D eigenvalue weighted by Gasteiger charge is 2.16. The van der Waals surface area contributed by atoms with E-state index in [2.05, 4.69) is 27.7 Å². The van der Waals surface area contributed by atoms with Crippen molar-refractivity contribution in [3.05, 3.63) is 95.0 Å². The first-order valence-corrected chi connectivity index (χ1v) is 11.7. The lowest BCUT2D eigenvalue weighted by Gasteiger charge is -2.20. The van der Waals surface area contributed by atoms with E-state index < -0.39 is 11.9 Å². The lowest BCUT2D eigenvalue weighted by atomic mass is 9.89. The van der Waals surface area contributed by atoms with Crippen LogP contribution in [0.15, 0.2) is 72.7 Å². The van der Waals surface area contributed by atoms with Crippen LogP contribution < -0.4 is 0 Å². The Balaban J connectivity index is 2.53. The first-order valence-electron chi connectivity index (χ1n) is 11.7. The molecule has 0 radical (unpaired) electrons. The van der Waals surface area contributed by atoms with E-state index in [0.717, 1.165) is 52.2 Å². The zero-order valence-electron chi connectivity index (χ0n) is 20.8. The number of aliphatic carboxylic acids is 2. The van der Waals surface area contributed by atoms with Gasteiger partial charge in [0.05, 0.1) is 6.26 Å². The Morgan fingerprint density at radius 2 is 1.23 bits per heavy atom. The summed E-state index contributed by atoms with van der Waals surface area (Å²) in [5.74, 6) is -0.464. The van der Waals surface area contributed by atoms with Crippen molar-refractivity contribution >= 4 is 35.7 Å². The molecule has 0 saturated carbocycles. The molecule has 0 spiro atoms. The molecule has 0 amide bonds. The number of carboxylic acid groups (broad SMARTS) is 2. The zero-order valence-corrected chi connectivity index (χ0v) is 20.8. The fraction of sp³-hybridized carbons (Fsp3) is 0.267. The second-order valence-electron chi connectivity index (χ2n) is 9.08. The highest BCUT2D eigenvalue weighted by molar-refractivity contribution is 5.87. The SMILES string of the molecule is CC(C)CC(OC=Cc1ccccc1C=CC(=O)O)=C(CC(C)C)c1ccccc1C=CC(=O)O. The Kier molecular flexibility index (Phi) is 10.8. The standard InChI is InChI=1S/C30H34O5/c1-21(2)19-27(26-12-8-7-11-25(26)14-16-30(33)34)28(20-22(3)4)35-18-17-24-10-6-5-9-23(24)13-15-29(31)32/h5-18,21-22H,19-20H2,1-4H3,(H,31,32)(H,33,34). The van der Waals surface area contributed by atoms with E-state index in [4.69, 9.17) is 14.9 Å². The van der Waals surface area contributed by atoms with Crippen molar-refractivity contribution in [1.82, 2.24) is 0 Å². The number of rotatable bonds is 12. The number of hydrogen-bond acceptors (Lipinski definition) is 3. The van der Waals surface area contributed by atoms with Crippen LogP contribution in [0.1, 0.15) is 62.8 Å². The topological polar surface area (TPSA) is 83.8 Å². The van der Waals surface area contributed by atoms with Crippen LogP contribution in [0.4, 0.5) is 0 Å². The lowest BCUT2D eigenvalue weighted by molar-refractivity contribution is -0.132. The van der Waals surface area contributed by atoms with E-state index >= 15 is 0 Å². The maximum Gasteiger partial charge on any atom is 0.328 e. The van der Waals surface area contributed by atoms with Crippen molar-refractivity contribution in [3.63, 3.8) is 0 Å². The van der Waals surface area contributed by atoms with Gasteiger partial charge in [0.1, 0.15) is 5.76 Å². The van der Waals surface area contributed by atoms with Crippen LogP contribution in [0.5, 0.6) is 0 Å². The predicted molar refractivity (Wildman–Crippen MR) is 142 cm³/mol. The first kappa shape index (κ1) is 27.4. The Hall–Kier alpha value is -3.86. The Bertz CT molecular complexity index is 1130. The molecule has 0 saturated heterocycles. The molecule has 0 aliphatic carbocycles. The average Bonchev–Trinajstić information content (AvgIpc) is 2.79. The van der Waals surface area contributed by atoms with E-state index in [1.807, 2.05) is 54.6 Å². The van der Waals surface area contributed by atoms with E-state index in [1.54, 1.807) is 18.4 Å². The molecule has 2 rings (SSSR count). The van der Waals surface area contributed by atoms with Crippen molar-refractivity contribution in [2.24, 2.45) is 11.8 Å². The maximum absolute atomic E-state index is 11.1. The summed E-state index contributed by atoms with van der Waals surface area (Å²) in [7, 11) is 0. The van der Waals surface area contributed by atoms with E-state index in [1.165, 1.54) is 0 Å². The van der Waals surface area contributed by atoms with Crippen LogP contribution in [-0.2, 0) is 14.3 Å². The number of allylic oxidation sites excluding steroid dienone is 2. The van der Waals surface area contributed by atoms with Crippen LogP contribution in [0.25, 0.3) is 23.8 Å². The fourth-order valence-electron chi connectivity index (χ4n) is 3.64. The summed E-state index contributed by atoms with van der Waals surface area (Å²) in [4.78, 5) is 22.1. The minimum atomic E-state index is -1.00. The van der Waals surface area contributed by atoms with E-state index in [0.29, 0.717) is 18.3 Å². The third-order valence-corrected chi connectivity index (χ3v) is 5.09. The van der Waals surface area contributed by atoms with Gasteiger partial charge in [0.15, 0.2) is 0 Å². The van der Waals surface area contributed by atoms with Crippen molar-refractivity contribution in [2.45, 2.75) is 40.5 Å². The molecule has 0 aliphatic rings. The number of ether oxygens (including phenoxy) is 1. The van der Waals surface area contributed by atoms with Gasteiger partial charge in [0, 0.05) is 18.6 Å². The summed E-state index contributed by atoms with van der Waals surface area (Å²) in [5.41, 5.74) is 4.43. The molecule has 0 aromatic heterocycles. The molecule has 0 aliphatic heterocycles. The van der Waals surface area contributed by atoms with Gasteiger partial charge in [-0.2, -0.15) is 0 Å². The predicted octanol–water partition coefficient (Wildman–Crippen LogP) is 7.37. The van der Waals surface area contributed by atoms with Gasteiger partial charge in [-0.15, -0.1) is 0 Å². The molecule has 0 bridgehead atoms. The Labute approximate surface area is 207 Å². The summed E-state index contributed by atoms with van der Waals surface area (Å²) >= 11 is 0. The third-order valence-electron chi connectivity index (χ3n) is 5.09. The van der Waals surface area contributed by atoms with Crippen LogP contribution in [0.3, 0.4) is 0 Å². The average molecular weight is 475 g/mol. The lowest BCUT2D eigenvalue weighted by Crippen LogP contribution is -2.03. The van der Waals surface area contributed by atoms with Gasteiger partial charge in [-0.05, 0) is 64.3 Å². The van der Waals surface area contributed by atoms with E-state index in [9.17, 15) is 9.59 Å². The van der Waals surface area contributed by atoms with Crippen molar-refractivity contribution in [1.29, 1.82) is 0 Å². The molecule has 35 heavy (non-hydrogen) atoms. The molecule has 0 atom stereocenters. The van der Waals surface area contributed by atoms with Gasteiger partial charge >= 0.3 is 11.9 Å². The maximum atomic E-state index is 11.1. The molecule has 5 heteroatoms. The molecule has 5 nitrogen and oxygen atoms in total. The van der Waals surface area contributed by atoms with Crippen LogP contribution in [0.2, 0.25) is 0 Å². The number of carbonyl (C=O) groups is 2. The molecular formula is C30H34O5. The first-order chi connectivity index (χ1) is 16.7. The molecule has 2 N–H and O–H groups in total. The quantitative estimate of drug-likeness (QED) is 0.248. The largest absolute Gasteiger partial charge is 0.478 e. The number of benzene rings is 2. The summed E-state index contributed by atoms with van der Waals surface area (Å²) < 4.78 is 6.25. The normalized spacial score (nSPS) is 12.7. The summed E-state index contributed by atoms with van der Waals surface area (Å²) in [6, 6.07) is 15.2. The molecular weight excluding hydrogens is 440 g/mol. The van der Waals surface area contributed by atoms with Gasteiger partial charge in [-0.3, -0.25) is 0 Å². The van der Waals surface area contributed by atoms with Crippen molar-refractivity contribution < 1.29 is 24.5 Å². The second-order valence-corrected chi connectivity index (χ2v) is 9.08. The third kappa shape index (κ3) is 9.49. The highest BCUT2D eigenvalue weighted by Crippen LogP contribution is 2.33. The molecule has 0 heterocycles. The Morgan fingerprint density at radius 1 is 0.743 bits per heavy atom. The summed E-state index contributed by atoms with van der Waals surface area (Å²) in [5, 5.41) is 18.1. The van der Waals surface area contributed by atoms with Gasteiger partial charge < -0.3 is 14.9 Å². The second kappa shape index (κ2) is 13.8. The van der Waals surface area contributed by atoms with Gasteiger partial charge in [0.2, 0.25) is 0 Å². The number of hydrogen-bond donors (Lipinski definition) is 2. The van der Waals surface area contributed by atoms with Crippen LogP contribution in [-0.4, -0.2) is 22.2 Å². The Morgan fingerprint density at radius 3 is 1.77 bits per heavy atom. The molecule has 184 valence electrons. The summed E-state index contributed by atoms with van der Waals surface area (Å²) in [6.45, 7) is 8.54. The molecule has 2 aromatic carbocycles. The highest BCUT2D eigenvalue weighted by atomic mass is 16.5. The van der Waals surface area contributed by atoms with Crippen molar-refractivity contribution in [2.75, 3.05) is 0 Å². The molecule has 2 aromatic rings. The van der Waals surface area contributed by atoms with Gasteiger partial charge in [-0.1, -0.05) is 76.2 Å². The minimum Gasteiger partial charge on any atom is -0.478 e. The van der Waals surface area contributed by atoms with Gasteiger partial charge in [-0.25, -0.2) is 9.59 Å². The van der Waals surface area contributed by atoms with Crippen LogP contribution in [0, 0.1) is 11.8 Å². The fourth-order valence-corrected chi connectivity index (χ4v) is 3.64. The van der Waals surface area contributed by atoms with Crippen LogP contribution >= 0.6 is 0 Å². The number of carboxylic acids is 2. The van der Waals surface area contributed by atoms with Crippen molar-refractivity contribution in [3.8, 4) is 0 Å². The van der Waals surface area contributed by atoms with E-state index in [-0.39, 0.29) is 0 Å². The molecule has 0 fully saturated rings. The monoisotopic (exact) mass is 474 g/mol. The molecule has 0 unspecified atom stereocenters. The summed E-state index contributed by atoms with van der Waals surface area (Å²) in [6.07, 6.45) is 10.4. The minimum absolute atomic E-state index is 0.341. The smallest absolute Gasteiger partial charge is 0.328 e. The van der Waals surface area contributed by atoms with Gasteiger partial charge in [0.25, 0.3) is 0 Å². The zero-order chi connectivity index (χ0) is 25.8.